The highest BCUT2D eigenvalue weighted by Crippen LogP contribution is 2.28. The van der Waals surface area contributed by atoms with Gasteiger partial charge in [0.1, 0.15) is 5.75 Å². The number of carboxylic acid groups (broad SMARTS) is 1. The summed E-state index contributed by atoms with van der Waals surface area (Å²) in [5.41, 5.74) is 2.29. The maximum absolute atomic E-state index is 10.3. The van der Waals surface area contributed by atoms with Crippen molar-refractivity contribution in [1.82, 2.24) is 0 Å². The van der Waals surface area contributed by atoms with Crippen LogP contribution >= 0.6 is 0 Å². The Kier molecular flexibility index (Phi) is 3.32. The average Bonchev–Trinajstić information content (AvgIpc) is 2.75. The molecule has 1 N–H and O–H groups in total. The zero-order valence-electron chi connectivity index (χ0n) is 9.72. The molecule has 1 aromatic carbocycles. The fraction of sp³-hybridized carbons (Fsp3) is 0.308. The van der Waals surface area contributed by atoms with Gasteiger partial charge in [-0.05, 0) is 23.8 Å². The van der Waals surface area contributed by atoms with E-state index in [9.17, 15) is 4.79 Å². The highest BCUT2D eigenvalue weighted by molar-refractivity contribution is 5.79. The Morgan fingerprint density at radius 2 is 2.41 bits per heavy atom. The van der Waals surface area contributed by atoms with Gasteiger partial charge < -0.3 is 14.7 Å². The van der Waals surface area contributed by atoms with Crippen molar-refractivity contribution in [3.8, 4) is 5.75 Å². The Balaban J connectivity index is 2.04. The van der Waals surface area contributed by atoms with Crippen molar-refractivity contribution in [1.29, 1.82) is 0 Å². The lowest BCUT2D eigenvalue weighted by Crippen LogP contribution is -2.17. The zero-order valence-corrected chi connectivity index (χ0v) is 9.72. The van der Waals surface area contributed by atoms with Gasteiger partial charge in [0.2, 0.25) is 0 Å². The van der Waals surface area contributed by atoms with Crippen LogP contribution in [0.4, 0.5) is 5.69 Å². The Hall–Kier alpha value is -1.97. The molecule has 0 spiro atoms. The van der Waals surface area contributed by atoms with Gasteiger partial charge in [0, 0.05) is 31.8 Å². The molecule has 0 amide bonds. The summed E-state index contributed by atoms with van der Waals surface area (Å²) in [5.74, 6) is 0.0454. The fourth-order valence-corrected chi connectivity index (χ4v) is 1.83. The normalized spacial score (nSPS) is 13.5. The van der Waals surface area contributed by atoms with Gasteiger partial charge in [0.25, 0.3) is 0 Å². The molecular weight excluding hydrogens is 218 g/mol. The van der Waals surface area contributed by atoms with E-state index in [1.54, 1.807) is 6.08 Å². The maximum atomic E-state index is 10.3. The van der Waals surface area contributed by atoms with E-state index < -0.39 is 5.97 Å². The predicted octanol–water partition coefficient (Wildman–Crippen LogP) is 1.70. The third kappa shape index (κ3) is 2.78. The lowest BCUT2D eigenvalue weighted by Gasteiger charge is -2.17. The van der Waals surface area contributed by atoms with Crippen LogP contribution in [-0.2, 0) is 11.2 Å². The van der Waals surface area contributed by atoms with Crippen molar-refractivity contribution < 1.29 is 14.6 Å². The third-order valence-corrected chi connectivity index (χ3v) is 2.75. The minimum atomic E-state index is -0.916. The number of fused-ring (bicyclic) bond motifs is 1. The molecule has 1 aromatic rings. The fourth-order valence-electron chi connectivity index (χ4n) is 1.83. The van der Waals surface area contributed by atoms with Crippen LogP contribution in [0.3, 0.4) is 0 Å². The lowest BCUT2D eigenvalue weighted by molar-refractivity contribution is -0.131. The third-order valence-electron chi connectivity index (χ3n) is 2.75. The van der Waals surface area contributed by atoms with Gasteiger partial charge >= 0.3 is 5.97 Å². The second-order valence-corrected chi connectivity index (χ2v) is 4.01. The molecule has 0 radical (unpaired) electrons. The summed E-state index contributed by atoms with van der Waals surface area (Å²) in [6.07, 6.45) is 3.74. The molecule has 0 bridgehead atoms. The standard InChI is InChI=1S/C13H15NO3/c1-14(7-2-3-13(15)16)11-4-5-12-10(9-11)6-8-17-12/h2-5,9H,6-8H2,1H3,(H,15,16)/b3-2+. The summed E-state index contributed by atoms with van der Waals surface area (Å²) >= 11 is 0. The number of likely N-dealkylation sites (N-methyl/N-ethyl adjacent to an activating group) is 1. The van der Waals surface area contributed by atoms with E-state index in [2.05, 4.69) is 6.07 Å². The van der Waals surface area contributed by atoms with Gasteiger partial charge in [-0.25, -0.2) is 4.79 Å². The van der Waals surface area contributed by atoms with Crippen molar-refractivity contribution in [2.24, 2.45) is 0 Å². The van der Waals surface area contributed by atoms with Gasteiger partial charge in [0.15, 0.2) is 0 Å². The number of benzene rings is 1. The first-order valence-corrected chi connectivity index (χ1v) is 5.53. The van der Waals surface area contributed by atoms with Crippen molar-refractivity contribution in [3.63, 3.8) is 0 Å². The van der Waals surface area contributed by atoms with E-state index in [4.69, 9.17) is 9.84 Å². The van der Waals surface area contributed by atoms with E-state index in [-0.39, 0.29) is 0 Å². The van der Waals surface area contributed by atoms with E-state index in [0.717, 1.165) is 30.5 Å². The topological polar surface area (TPSA) is 49.8 Å². The summed E-state index contributed by atoms with van der Waals surface area (Å²) in [7, 11) is 1.93. The van der Waals surface area contributed by atoms with E-state index in [1.165, 1.54) is 5.56 Å². The van der Waals surface area contributed by atoms with Crippen LogP contribution < -0.4 is 9.64 Å². The summed E-state index contributed by atoms with van der Waals surface area (Å²) < 4.78 is 5.44. The van der Waals surface area contributed by atoms with Gasteiger partial charge in [-0.1, -0.05) is 6.08 Å². The molecule has 2 rings (SSSR count). The number of aliphatic carboxylic acids is 1. The second-order valence-electron chi connectivity index (χ2n) is 4.01. The first-order valence-electron chi connectivity index (χ1n) is 5.53. The van der Waals surface area contributed by atoms with Gasteiger partial charge in [-0.15, -0.1) is 0 Å². The number of rotatable bonds is 4. The Morgan fingerprint density at radius 1 is 1.59 bits per heavy atom. The van der Waals surface area contributed by atoms with Crippen molar-refractivity contribution in [2.45, 2.75) is 6.42 Å². The quantitative estimate of drug-likeness (QED) is 0.804. The molecule has 4 nitrogen and oxygen atoms in total. The van der Waals surface area contributed by atoms with Crippen molar-refractivity contribution >= 4 is 11.7 Å². The number of hydrogen-bond acceptors (Lipinski definition) is 3. The maximum Gasteiger partial charge on any atom is 0.328 e. The van der Waals surface area contributed by atoms with Crippen molar-refractivity contribution in [2.75, 3.05) is 25.1 Å². The second kappa shape index (κ2) is 4.91. The number of anilines is 1. The Morgan fingerprint density at radius 3 is 3.18 bits per heavy atom. The minimum Gasteiger partial charge on any atom is -0.493 e. The monoisotopic (exact) mass is 233 g/mol. The molecule has 0 aliphatic carbocycles. The van der Waals surface area contributed by atoms with Crippen molar-refractivity contribution in [3.05, 3.63) is 35.9 Å². The molecule has 0 saturated carbocycles. The molecule has 1 heterocycles. The zero-order chi connectivity index (χ0) is 12.3. The Labute approximate surface area is 100 Å². The number of nitrogens with zero attached hydrogens (tertiary/aromatic N) is 1. The summed E-state index contributed by atoms with van der Waals surface area (Å²) in [6, 6.07) is 6.05. The largest absolute Gasteiger partial charge is 0.493 e. The van der Waals surface area contributed by atoms with Gasteiger partial charge in [0.05, 0.1) is 6.61 Å². The smallest absolute Gasteiger partial charge is 0.328 e. The average molecular weight is 233 g/mol. The number of carbonyl (C=O) groups is 1. The summed E-state index contributed by atoms with van der Waals surface area (Å²) in [5, 5.41) is 8.50. The number of carboxylic acids is 1. The Bertz CT molecular complexity index is 454. The molecule has 90 valence electrons. The molecule has 4 heteroatoms. The molecule has 0 fully saturated rings. The SMILES string of the molecule is CN(C/C=C/C(=O)O)c1ccc2c(c1)CCO2. The van der Waals surface area contributed by atoms with E-state index in [1.807, 2.05) is 24.1 Å². The molecular formula is C13H15NO3. The van der Waals surface area contributed by atoms with E-state index in [0.29, 0.717) is 6.54 Å². The molecule has 1 aliphatic heterocycles. The van der Waals surface area contributed by atoms with Crippen LogP contribution in [0.25, 0.3) is 0 Å². The molecule has 17 heavy (non-hydrogen) atoms. The highest BCUT2D eigenvalue weighted by atomic mass is 16.5. The lowest BCUT2D eigenvalue weighted by atomic mass is 10.1. The van der Waals surface area contributed by atoms with Crippen LogP contribution in [0.2, 0.25) is 0 Å². The van der Waals surface area contributed by atoms with E-state index >= 15 is 0 Å². The highest BCUT2D eigenvalue weighted by Gasteiger charge is 2.12. The molecule has 0 unspecified atom stereocenters. The minimum absolute atomic E-state index is 0.575. The van der Waals surface area contributed by atoms with Gasteiger partial charge in [-0.3, -0.25) is 0 Å². The molecule has 1 aliphatic rings. The number of hydrogen-bond donors (Lipinski definition) is 1. The number of ether oxygens (including phenoxy) is 1. The molecule has 0 aromatic heterocycles. The molecule has 0 atom stereocenters. The van der Waals surface area contributed by atoms with Gasteiger partial charge in [-0.2, -0.15) is 0 Å². The van der Waals surface area contributed by atoms with Crippen LogP contribution in [0.1, 0.15) is 5.56 Å². The first kappa shape index (κ1) is 11.5. The summed E-state index contributed by atoms with van der Waals surface area (Å²) in [4.78, 5) is 12.3. The molecule has 0 saturated heterocycles. The predicted molar refractivity (Wildman–Crippen MR) is 65.7 cm³/mol. The summed E-state index contributed by atoms with van der Waals surface area (Å²) in [6.45, 7) is 1.33. The van der Waals surface area contributed by atoms with Crippen LogP contribution in [0.5, 0.6) is 5.75 Å². The van der Waals surface area contributed by atoms with Crippen LogP contribution in [0.15, 0.2) is 30.4 Å². The van der Waals surface area contributed by atoms with Crippen LogP contribution in [-0.4, -0.2) is 31.3 Å². The first-order chi connectivity index (χ1) is 8.16. The van der Waals surface area contributed by atoms with Crippen LogP contribution in [0, 0.1) is 0 Å².